The molecule has 2 saturated heterocycles. The Balaban J connectivity index is 1.31. The van der Waals surface area contributed by atoms with E-state index >= 15 is 0 Å². The van der Waals surface area contributed by atoms with Gasteiger partial charge in [-0.05, 0) is 74.5 Å². The second-order valence-corrected chi connectivity index (χ2v) is 13.6. The van der Waals surface area contributed by atoms with Crippen LogP contribution in [-0.2, 0) is 19.1 Å². The highest BCUT2D eigenvalue weighted by Gasteiger charge is 2.73. The summed E-state index contributed by atoms with van der Waals surface area (Å²) in [4.78, 5) is 44.2. The minimum absolute atomic E-state index is 0.0298. The van der Waals surface area contributed by atoms with Crippen molar-refractivity contribution in [1.82, 2.24) is 10.2 Å². The monoisotopic (exact) mass is 567 g/mol. The van der Waals surface area contributed by atoms with Gasteiger partial charge in [-0.25, -0.2) is 0 Å². The fraction of sp³-hybridized carbons (Fsp3) is 0.656. The number of halogens is 1. The molecule has 7 nitrogen and oxygen atoms in total. The smallest absolute Gasteiger partial charge is 0.246 e. The van der Waals surface area contributed by atoms with E-state index in [9.17, 15) is 14.4 Å². The summed E-state index contributed by atoms with van der Waals surface area (Å²) in [6, 6.07) is 4.66. The molecule has 3 aliphatic heterocycles. The van der Waals surface area contributed by atoms with Crippen molar-refractivity contribution in [2.75, 3.05) is 5.32 Å². The lowest BCUT2D eigenvalue weighted by Crippen LogP contribution is -2.59. The zero-order valence-electron chi connectivity index (χ0n) is 24.0. The molecular formula is C32H42ClN3O4. The number of hydrogen-bond acceptors (Lipinski definition) is 4. The van der Waals surface area contributed by atoms with E-state index in [1.54, 1.807) is 6.07 Å². The summed E-state index contributed by atoms with van der Waals surface area (Å²) < 4.78 is 6.56. The number of carbonyl (C=O) groups is 3. The molecule has 6 rings (SSSR count). The molecule has 1 aromatic rings. The summed E-state index contributed by atoms with van der Waals surface area (Å²) in [6.07, 6.45) is 10.2. The normalized spacial score (nSPS) is 40.3. The Kier molecular flexibility index (Phi) is 7.27. The Morgan fingerprint density at radius 2 is 1.80 bits per heavy atom. The number of nitrogens with one attached hydrogen (secondary N) is 2. The molecule has 1 aromatic carbocycles. The first-order valence-corrected chi connectivity index (χ1v) is 15.5. The van der Waals surface area contributed by atoms with Gasteiger partial charge in [-0.3, -0.25) is 14.4 Å². The van der Waals surface area contributed by atoms with Gasteiger partial charge in [-0.15, -0.1) is 0 Å². The standard InChI is InChI=1S/C32H42ClN3O4/c1-17-8-12-22(13-9-17)36-28(30(38)35-24-7-5-6-18(2)20(24)4)32-15-14-25(40-32)26(27(32)31(36)39)29(37)34-21-11-10-19(3)23(33)16-21/h10-11,14-18,20,22,24-28H,5-9,12-13H2,1-4H3,(H,34,37)(H,35,38)/t17?,18-,20+,22?,24+,25-,26+,27-,28-,32-/m0/s1. The van der Waals surface area contributed by atoms with Crippen molar-refractivity contribution in [2.24, 2.45) is 29.6 Å². The van der Waals surface area contributed by atoms with E-state index in [0.717, 1.165) is 44.1 Å². The number of fused-ring (bicyclic) bond motifs is 1. The highest BCUT2D eigenvalue weighted by atomic mass is 35.5. The topological polar surface area (TPSA) is 87.7 Å². The maximum atomic E-state index is 14.4. The number of benzene rings is 1. The van der Waals surface area contributed by atoms with Crippen LogP contribution >= 0.6 is 11.6 Å². The van der Waals surface area contributed by atoms with Crippen molar-refractivity contribution in [1.29, 1.82) is 0 Å². The molecule has 8 heteroatoms. The van der Waals surface area contributed by atoms with Crippen LogP contribution in [0, 0.1) is 36.5 Å². The Bertz CT molecular complexity index is 1230. The van der Waals surface area contributed by atoms with Crippen LogP contribution in [0.2, 0.25) is 5.02 Å². The van der Waals surface area contributed by atoms with Crippen LogP contribution in [-0.4, -0.2) is 52.5 Å². The Hall–Kier alpha value is -2.38. The SMILES string of the molecule is Cc1ccc(NC(=O)[C@@H]2[C@@H]3C=C[C@]4(O3)[C@@H]2C(=O)N(C2CCC(C)CC2)[C@H]4C(=O)N[C@@H]2CCC[C@H](C)[C@H]2C)cc1Cl. The fourth-order valence-electron chi connectivity index (χ4n) is 8.06. The van der Waals surface area contributed by atoms with Crippen LogP contribution < -0.4 is 10.6 Å². The molecule has 3 heterocycles. The summed E-state index contributed by atoms with van der Waals surface area (Å²) in [5, 5.41) is 6.91. The molecule has 0 aromatic heterocycles. The second-order valence-electron chi connectivity index (χ2n) is 13.2. The molecule has 40 heavy (non-hydrogen) atoms. The number of amides is 3. The lowest BCUT2D eigenvalue weighted by Gasteiger charge is -2.41. The number of anilines is 1. The number of ether oxygens (including phenoxy) is 1. The van der Waals surface area contributed by atoms with Crippen LogP contribution in [0.15, 0.2) is 30.4 Å². The average Bonchev–Trinajstić information content (AvgIpc) is 3.57. The zero-order valence-corrected chi connectivity index (χ0v) is 24.7. The molecule has 2 saturated carbocycles. The quantitative estimate of drug-likeness (QED) is 0.475. The number of hydrogen-bond donors (Lipinski definition) is 2. The molecule has 1 spiro atoms. The first kappa shape index (κ1) is 27.8. The molecule has 2 aliphatic carbocycles. The summed E-state index contributed by atoms with van der Waals surface area (Å²) >= 11 is 6.31. The molecular weight excluding hydrogens is 526 g/mol. The van der Waals surface area contributed by atoms with Gasteiger partial charge in [0.05, 0.1) is 17.9 Å². The van der Waals surface area contributed by atoms with Crippen molar-refractivity contribution in [3.63, 3.8) is 0 Å². The molecule has 8 atom stereocenters. The van der Waals surface area contributed by atoms with E-state index in [0.29, 0.717) is 28.5 Å². The Labute approximate surface area is 242 Å². The Morgan fingerprint density at radius 3 is 2.52 bits per heavy atom. The molecule has 0 radical (unpaired) electrons. The summed E-state index contributed by atoms with van der Waals surface area (Å²) in [6.45, 7) is 8.62. The molecule has 4 fully saturated rings. The molecule has 3 amide bonds. The van der Waals surface area contributed by atoms with E-state index in [-0.39, 0.29) is 29.8 Å². The van der Waals surface area contributed by atoms with E-state index in [4.69, 9.17) is 16.3 Å². The Morgan fingerprint density at radius 1 is 1.05 bits per heavy atom. The largest absolute Gasteiger partial charge is 0.359 e. The van der Waals surface area contributed by atoms with Gasteiger partial charge in [0.15, 0.2) is 0 Å². The number of likely N-dealkylation sites (tertiary alicyclic amines) is 1. The maximum absolute atomic E-state index is 14.4. The van der Waals surface area contributed by atoms with E-state index in [1.807, 2.05) is 36.1 Å². The number of aryl methyl sites for hydroxylation is 1. The van der Waals surface area contributed by atoms with E-state index in [1.165, 1.54) is 6.42 Å². The molecule has 216 valence electrons. The van der Waals surface area contributed by atoms with Gasteiger partial charge in [0.25, 0.3) is 0 Å². The fourth-order valence-corrected chi connectivity index (χ4v) is 8.24. The highest BCUT2D eigenvalue weighted by Crippen LogP contribution is 2.56. The molecule has 2 N–H and O–H groups in total. The van der Waals surface area contributed by atoms with Gasteiger partial charge in [-0.1, -0.05) is 63.4 Å². The predicted octanol–water partition coefficient (Wildman–Crippen LogP) is 5.26. The lowest BCUT2D eigenvalue weighted by atomic mass is 9.73. The van der Waals surface area contributed by atoms with Crippen molar-refractivity contribution in [2.45, 2.75) is 102 Å². The first-order valence-electron chi connectivity index (χ1n) is 15.2. The first-order chi connectivity index (χ1) is 19.1. The minimum atomic E-state index is -1.13. The molecule has 0 unspecified atom stereocenters. The third-order valence-corrected chi connectivity index (χ3v) is 11.1. The van der Waals surface area contributed by atoms with Gasteiger partial charge in [-0.2, -0.15) is 0 Å². The van der Waals surface area contributed by atoms with Crippen molar-refractivity contribution < 1.29 is 19.1 Å². The zero-order chi connectivity index (χ0) is 28.3. The van der Waals surface area contributed by atoms with Crippen LogP contribution in [0.3, 0.4) is 0 Å². The third kappa shape index (κ3) is 4.48. The van der Waals surface area contributed by atoms with Crippen molar-refractivity contribution in [3.8, 4) is 0 Å². The van der Waals surface area contributed by atoms with E-state index < -0.39 is 29.6 Å². The molecule has 5 aliphatic rings. The van der Waals surface area contributed by atoms with E-state index in [2.05, 4.69) is 31.4 Å². The number of nitrogens with zero attached hydrogens (tertiary/aromatic N) is 1. The average molecular weight is 568 g/mol. The minimum Gasteiger partial charge on any atom is -0.359 e. The lowest BCUT2D eigenvalue weighted by molar-refractivity contribution is -0.145. The van der Waals surface area contributed by atoms with Crippen molar-refractivity contribution >= 4 is 35.0 Å². The summed E-state index contributed by atoms with van der Waals surface area (Å²) in [5.74, 6) is -0.486. The number of rotatable bonds is 5. The van der Waals surface area contributed by atoms with Crippen LogP contribution in [0.1, 0.15) is 71.3 Å². The summed E-state index contributed by atoms with van der Waals surface area (Å²) in [7, 11) is 0. The second kappa shape index (κ2) is 10.5. The maximum Gasteiger partial charge on any atom is 0.246 e. The van der Waals surface area contributed by atoms with Gasteiger partial charge in [0.1, 0.15) is 11.6 Å². The van der Waals surface area contributed by atoms with Gasteiger partial charge in [0, 0.05) is 22.8 Å². The summed E-state index contributed by atoms with van der Waals surface area (Å²) in [5.41, 5.74) is 0.370. The van der Waals surface area contributed by atoms with Gasteiger partial charge >= 0.3 is 0 Å². The third-order valence-electron chi connectivity index (χ3n) is 10.7. The van der Waals surface area contributed by atoms with Crippen LogP contribution in [0.25, 0.3) is 0 Å². The molecule has 2 bridgehead atoms. The highest BCUT2D eigenvalue weighted by molar-refractivity contribution is 6.31. The predicted molar refractivity (Wildman–Crippen MR) is 155 cm³/mol. The van der Waals surface area contributed by atoms with Gasteiger partial charge < -0.3 is 20.3 Å². The van der Waals surface area contributed by atoms with Crippen LogP contribution in [0.5, 0.6) is 0 Å². The number of carbonyl (C=O) groups excluding carboxylic acids is 3. The van der Waals surface area contributed by atoms with Crippen LogP contribution in [0.4, 0.5) is 5.69 Å². The van der Waals surface area contributed by atoms with Crippen molar-refractivity contribution in [3.05, 3.63) is 40.9 Å². The van der Waals surface area contributed by atoms with Gasteiger partial charge in [0.2, 0.25) is 17.7 Å².